The first kappa shape index (κ1) is 25.6. The number of carboxylic acid groups (broad SMARTS) is 1. The van der Waals surface area contributed by atoms with Crippen LogP contribution in [0.4, 0.5) is 0 Å². The van der Waals surface area contributed by atoms with Gasteiger partial charge in [-0.2, -0.15) is 0 Å². The summed E-state index contributed by atoms with van der Waals surface area (Å²) in [5, 5.41) is 11.3. The van der Waals surface area contributed by atoms with Crippen LogP contribution in [0.2, 0.25) is 0 Å². The molecule has 2 N–H and O–H groups in total. The molecule has 0 heterocycles. The Labute approximate surface area is 165 Å². The summed E-state index contributed by atoms with van der Waals surface area (Å²) in [5.74, 6) is -2.03. The third kappa shape index (κ3) is 17.8. The molecule has 0 aromatic heterocycles. The molecule has 0 rings (SSSR count). The van der Waals surface area contributed by atoms with Crippen molar-refractivity contribution in [1.29, 1.82) is 0 Å². The number of carbonyl (C=O) groups is 3. The zero-order valence-electron chi connectivity index (χ0n) is 17.6. The minimum atomic E-state index is -0.985. The Morgan fingerprint density at radius 1 is 0.778 bits per heavy atom. The van der Waals surface area contributed by atoms with Crippen molar-refractivity contribution in [3.8, 4) is 0 Å². The average molecular weight is 384 g/mol. The normalized spacial score (nSPS) is 11.9. The van der Waals surface area contributed by atoms with Crippen molar-refractivity contribution in [2.24, 2.45) is 5.92 Å². The average Bonchev–Trinajstić information content (AvgIpc) is 2.63. The van der Waals surface area contributed by atoms with Crippen molar-refractivity contribution >= 4 is 17.7 Å². The van der Waals surface area contributed by atoms with Gasteiger partial charge in [-0.3, -0.25) is 14.4 Å². The van der Waals surface area contributed by atoms with E-state index in [4.69, 9.17) is 5.11 Å². The Morgan fingerprint density at radius 3 is 1.67 bits per heavy atom. The predicted molar refractivity (Wildman–Crippen MR) is 110 cm³/mol. The van der Waals surface area contributed by atoms with Crippen molar-refractivity contribution in [2.75, 3.05) is 6.54 Å². The number of Topliss-reactive ketones (excluding diaryl/α,β-unsaturated/α-hetero) is 1. The first-order chi connectivity index (χ1) is 13.0. The molecule has 0 radical (unpaired) electrons. The molecule has 1 amide bonds. The molecular formula is C22H41NO4. The van der Waals surface area contributed by atoms with E-state index in [1.807, 2.05) is 0 Å². The fourth-order valence-corrected chi connectivity index (χ4v) is 3.09. The molecule has 5 heteroatoms. The van der Waals surface area contributed by atoms with Gasteiger partial charge < -0.3 is 10.4 Å². The number of ketones is 1. The number of unbranched alkanes of at least 4 members (excludes halogenated alkanes) is 12. The lowest BCUT2D eigenvalue weighted by atomic mass is 10.0. The Balaban J connectivity index is 3.36. The maximum atomic E-state index is 11.7. The molecule has 0 spiro atoms. The van der Waals surface area contributed by atoms with Crippen LogP contribution in [0.1, 0.15) is 110 Å². The lowest BCUT2D eigenvalue weighted by molar-refractivity contribution is -0.143. The second-order valence-electron chi connectivity index (χ2n) is 7.75. The fraction of sp³-hybridized carbons (Fsp3) is 0.864. The smallest absolute Gasteiger partial charge is 0.306 e. The SMILES string of the molecule is CCCCCCCCCCCCCCCC(=O)NCC(=O)C[C@@H](C)C(=O)O. The molecule has 27 heavy (non-hydrogen) atoms. The van der Waals surface area contributed by atoms with Gasteiger partial charge >= 0.3 is 5.97 Å². The van der Waals surface area contributed by atoms with Crippen LogP contribution in [0.15, 0.2) is 0 Å². The Hall–Kier alpha value is -1.39. The van der Waals surface area contributed by atoms with Crippen LogP contribution in [-0.2, 0) is 14.4 Å². The third-order valence-electron chi connectivity index (χ3n) is 4.95. The first-order valence-electron chi connectivity index (χ1n) is 11.0. The monoisotopic (exact) mass is 383 g/mol. The van der Waals surface area contributed by atoms with Crippen LogP contribution >= 0.6 is 0 Å². The molecule has 0 bridgehead atoms. The van der Waals surface area contributed by atoms with Crippen LogP contribution in [0.3, 0.4) is 0 Å². The molecule has 0 aromatic rings. The Morgan fingerprint density at radius 2 is 1.22 bits per heavy atom. The fourth-order valence-electron chi connectivity index (χ4n) is 3.09. The van der Waals surface area contributed by atoms with E-state index >= 15 is 0 Å². The number of rotatable bonds is 19. The van der Waals surface area contributed by atoms with Crippen LogP contribution in [0, 0.1) is 5.92 Å². The second-order valence-corrected chi connectivity index (χ2v) is 7.75. The highest BCUT2D eigenvalue weighted by Crippen LogP contribution is 2.12. The largest absolute Gasteiger partial charge is 0.481 e. The molecule has 1 atom stereocenters. The number of amides is 1. The highest BCUT2D eigenvalue weighted by molar-refractivity contribution is 5.88. The van der Waals surface area contributed by atoms with Crippen molar-refractivity contribution in [2.45, 2.75) is 110 Å². The second kappa shape index (κ2) is 18.0. The maximum Gasteiger partial charge on any atom is 0.306 e. The Kier molecular flexibility index (Phi) is 17.1. The van der Waals surface area contributed by atoms with E-state index in [2.05, 4.69) is 12.2 Å². The minimum absolute atomic E-state index is 0.0334. The lowest BCUT2D eigenvalue weighted by Crippen LogP contribution is -2.30. The van der Waals surface area contributed by atoms with Gasteiger partial charge in [0.1, 0.15) is 0 Å². The molecule has 0 aliphatic carbocycles. The zero-order chi connectivity index (χ0) is 20.3. The summed E-state index contributed by atoms with van der Waals surface area (Å²) in [6.07, 6.45) is 16.9. The summed E-state index contributed by atoms with van der Waals surface area (Å²) in [5.41, 5.74) is 0. The van der Waals surface area contributed by atoms with Crippen molar-refractivity contribution in [3.63, 3.8) is 0 Å². The summed E-state index contributed by atoms with van der Waals surface area (Å²) in [6.45, 7) is 3.68. The molecule has 0 aromatic carbocycles. The van der Waals surface area contributed by atoms with E-state index in [1.54, 1.807) is 0 Å². The van der Waals surface area contributed by atoms with Crippen LogP contribution in [0.25, 0.3) is 0 Å². The van der Waals surface area contributed by atoms with Gasteiger partial charge in [-0.05, 0) is 6.42 Å². The highest BCUT2D eigenvalue weighted by Gasteiger charge is 2.15. The lowest BCUT2D eigenvalue weighted by Gasteiger charge is -2.07. The number of carbonyl (C=O) groups excluding carboxylic acids is 2. The van der Waals surface area contributed by atoms with E-state index in [0.717, 1.165) is 12.8 Å². The predicted octanol–water partition coefficient (Wildman–Crippen LogP) is 5.26. The number of hydrogen-bond acceptors (Lipinski definition) is 3. The first-order valence-corrected chi connectivity index (χ1v) is 11.0. The molecule has 0 saturated carbocycles. The van der Waals surface area contributed by atoms with Crippen LogP contribution in [-0.4, -0.2) is 29.3 Å². The summed E-state index contributed by atoms with van der Waals surface area (Å²) < 4.78 is 0. The van der Waals surface area contributed by atoms with Gasteiger partial charge in [-0.25, -0.2) is 0 Å². The van der Waals surface area contributed by atoms with Crippen molar-refractivity contribution < 1.29 is 19.5 Å². The molecule has 5 nitrogen and oxygen atoms in total. The molecular weight excluding hydrogens is 342 g/mol. The number of carboxylic acids is 1. The van der Waals surface area contributed by atoms with Gasteiger partial charge in [0.25, 0.3) is 0 Å². The topological polar surface area (TPSA) is 83.5 Å². The minimum Gasteiger partial charge on any atom is -0.481 e. The van der Waals surface area contributed by atoms with Crippen LogP contribution < -0.4 is 5.32 Å². The van der Waals surface area contributed by atoms with E-state index < -0.39 is 11.9 Å². The van der Waals surface area contributed by atoms with E-state index in [9.17, 15) is 14.4 Å². The third-order valence-corrected chi connectivity index (χ3v) is 4.95. The summed E-state index contributed by atoms with van der Waals surface area (Å²) >= 11 is 0. The maximum absolute atomic E-state index is 11.7. The quantitative estimate of drug-likeness (QED) is 0.298. The molecule has 0 aliphatic rings. The summed E-state index contributed by atoms with van der Waals surface area (Å²) in [7, 11) is 0. The number of aliphatic carboxylic acids is 1. The van der Waals surface area contributed by atoms with Crippen molar-refractivity contribution in [3.05, 3.63) is 0 Å². The van der Waals surface area contributed by atoms with Gasteiger partial charge in [-0.1, -0.05) is 90.9 Å². The van der Waals surface area contributed by atoms with E-state index in [-0.39, 0.29) is 24.7 Å². The van der Waals surface area contributed by atoms with Gasteiger partial charge in [-0.15, -0.1) is 0 Å². The summed E-state index contributed by atoms with van der Waals surface area (Å²) in [4.78, 5) is 33.9. The standard InChI is InChI=1S/C22H41NO4/c1-3-4-5-6-7-8-9-10-11-12-13-14-15-16-21(25)23-18-20(24)17-19(2)22(26)27/h19H,3-18H2,1-2H3,(H,23,25)(H,26,27)/t19-/m1/s1. The van der Waals surface area contributed by atoms with Crippen LogP contribution in [0.5, 0.6) is 0 Å². The van der Waals surface area contributed by atoms with Gasteiger partial charge in [0, 0.05) is 12.8 Å². The highest BCUT2D eigenvalue weighted by atomic mass is 16.4. The molecule has 0 aliphatic heterocycles. The van der Waals surface area contributed by atoms with E-state index in [1.165, 1.54) is 77.6 Å². The van der Waals surface area contributed by atoms with E-state index in [0.29, 0.717) is 6.42 Å². The van der Waals surface area contributed by atoms with Crippen molar-refractivity contribution in [1.82, 2.24) is 5.32 Å². The van der Waals surface area contributed by atoms with Gasteiger partial charge in [0.05, 0.1) is 12.5 Å². The molecule has 0 saturated heterocycles. The number of hydrogen-bond donors (Lipinski definition) is 2. The Bertz CT molecular complexity index is 409. The zero-order valence-corrected chi connectivity index (χ0v) is 17.6. The molecule has 0 unspecified atom stereocenters. The number of nitrogens with one attached hydrogen (secondary N) is 1. The molecule has 0 fully saturated rings. The molecule has 158 valence electrons. The van der Waals surface area contributed by atoms with Gasteiger partial charge in [0.15, 0.2) is 5.78 Å². The summed E-state index contributed by atoms with van der Waals surface area (Å²) in [6, 6.07) is 0. The van der Waals surface area contributed by atoms with Gasteiger partial charge in [0.2, 0.25) is 5.91 Å².